The summed E-state index contributed by atoms with van der Waals surface area (Å²) in [6, 6.07) is -0.193. The van der Waals surface area contributed by atoms with Crippen molar-refractivity contribution in [2.24, 2.45) is 0 Å². The Morgan fingerprint density at radius 1 is 1.36 bits per heavy atom. The molecule has 0 aliphatic heterocycles. The molecular weight excluding hydrogens is 390 g/mol. The Balaban J connectivity index is 0.000000416. The maximum Gasteiger partial charge on any atom is 0.352 e. The van der Waals surface area contributed by atoms with E-state index in [9.17, 15) is 19.5 Å². The van der Waals surface area contributed by atoms with Crippen LogP contribution in [0, 0.1) is 0 Å². The van der Waals surface area contributed by atoms with Crippen molar-refractivity contribution in [1.82, 2.24) is 15.3 Å². The van der Waals surface area contributed by atoms with Crippen LogP contribution < -0.4 is 10.9 Å². The van der Waals surface area contributed by atoms with Crippen molar-refractivity contribution in [3.8, 4) is 0 Å². The quantitative estimate of drug-likeness (QED) is 0.336. The lowest BCUT2D eigenvalue weighted by Gasteiger charge is -2.22. The van der Waals surface area contributed by atoms with E-state index in [1.807, 2.05) is 12.3 Å². The third kappa shape index (κ3) is 7.80. The van der Waals surface area contributed by atoms with E-state index in [2.05, 4.69) is 25.1 Å². The second-order valence-corrected chi connectivity index (χ2v) is 6.75. The summed E-state index contributed by atoms with van der Waals surface area (Å²) in [5.41, 5.74) is 2.27. The van der Waals surface area contributed by atoms with Gasteiger partial charge in [-0.25, -0.2) is 24.3 Å². The Kier molecular flexibility index (Phi) is 10.5. The topological polar surface area (TPSA) is 151 Å². The lowest BCUT2D eigenvalue weighted by atomic mass is 10.1. The van der Waals surface area contributed by atoms with Crippen LogP contribution in [-0.4, -0.2) is 69.4 Å². The fourth-order valence-electron chi connectivity index (χ4n) is 2.34. The monoisotopic (exact) mass is 415 g/mol. The number of H-pyrrole nitrogens is 1. The zero-order chi connectivity index (χ0) is 21.1. The summed E-state index contributed by atoms with van der Waals surface area (Å²) < 4.78 is 0. The number of hydrogen-bond acceptors (Lipinski definition) is 10. The van der Waals surface area contributed by atoms with Crippen molar-refractivity contribution in [3.05, 3.63) is 34.0 Å². The maximum absolute atomic E-state index is 11.6. The van der Waals surface area contributed by atoms with Crippen LogP contribution in [0.1, 0.15) is 25.1 Å². The normalized spacial score (nSPS) is 14.1. The fourth-order valence-corrected chi connectivity index (χ4v) is 3.04. The number of fused-ring (bicyclic) bond motifs is 1. The summed E-state index contributed by atoms with van der Waals surface area (Å²) in [4.78, 5) is 45.7. The highest BCUT2D eigenvalue weighted by Gasteiger charge is 2.21. The average molecular weight is 415 g/mol. The van der Waals surface area contributed by atoms with Gasteiger partial charge in [-0.05, 0) is 18.2 Å². The summed E-state index contributed by atoms with van der Waals surface area (Å²) >= 11 is 1.60. The smallest absolute Gasteiger partial charge is 0.352 e. The molecule has 0 aromatic carbocycles. The molecule has 4 N–H and O–H groups in total. The molecule has 1 aliphatic rings. The summed E-state index contributed by atoms with van der Waals surface area (Å²) in [7, 11) is 0. The minimum atomic E-state index is -0.795. The highest BCUT2D eigenvalue weighted by Crippen LogP contribution is 2.21. The van der Waals surface area contributed by atoms with Crippen LogP contribution in [-0.2, 0) is 25.8 Å². The number of hydrogen-bond donors (Lipinski definition) is 4. The molecule has 0 fully saturated rings. The minimum Gasteiger partial charge on any atom is -0.394 e. The molecule has 0 saturated heterocycles. The van der Waals surface area contributed by atoms with Gasteiger partial charge >= 0.3 is 11.9 Å². The number of aromatic amines is 1. The highest BCUT2D eigenvalue weighted by molar-refractivity contribution is 7.98. The summed E-state index contributed by atoms with van der Waals surface area (Å²) in [5.74, 6) is -0.578. The molecule has 0 unspecified atom stereocenters. The van der Waals surface area contributed by atoms with E-state index in [-0.39, 0.29) is 18.2 Å². The maximum atomic E-state index is 11.6. The second-order valence-electron chi connectivity index (χ2n) is 5.83. The van der Waals surface area contributed by atoms with E-state index in [1.165, 1.54) is 6.33 Å². The number of aliphatic hydroxyl groups is 2. The molecule has 0 spiro atoms. The fraction of sp³-hybridized carbons (Fsp3) is 0.529. The molecule has 2 atom stereocenters. The first-order chi connectivity index (χ1) is 13.3. The van der Waals surface area contributed by atoms with Gasteiger partial charge in [-0.15, -0.1) is 0 Å². The molecule has 1 heterocycles. The van der Waals surface area contributed by atoms with Gasteiger partial charge in [-0.3, -0.25) is 4.79 Å². The Morgan fingerprint density at radius 2 is 2.00 bits per heavy atom. The van der Waals surface area contributed by atoms with Crippen LogP contribution in [0.5, 0.6) is 0 Å². The molecule has 28 heavy (non-hydrogen) atoms. The molecule has 0 amide bonds. The van der Waals surface area contributed by atoms with Crippen molar-refractivity contribution >= 4 is 29.3 Å². The molecule has 0 saturated carbocycles. The van der Waals surface area contributed by atoms with Gasteiger partial charge in [0.25, 0.3) is 5.56 Å². The largest absolute Gasteiger partial charge is 0.394 e. The van der Waals surface area contributed by atoms with Gasteiger partial charge in [0.15, 0.2) is 0 Å². The van der Waals surface area contributed by atoms with E-state index >= 15 is 0 Å². The second kappa shape index (κ2) is 12.3. The lowest BCUT2D eigenvalue weighted by Crippen LogP contribution is -2.44. The molecule has 11 heteroatoms. The number of aromatic nitrogens is 2. The molecule has 0 radical (unpaired) electrons. The van der Waals surface area contributed by atoms with Crippen LogP contribution in [0.3, 0.4) is 0 Å². The molecule has 1 aromatic heterocycles. The number of rotatable bonds is 7. The third-order valence-corrected chi connectivity index (χ3v) is 4.33. The zero-order valence-corrected chi connectivity index (χ0v) is 16.7. The third-order valence-electron chi connectivity index (χ3n) is 3.63. The molecule has 2 rings (SSSR count). The predicted octanol–water partition coefficient (Wildman–Crippen LogP) is -0.589. The van der Waals surface area contributed by atoms with Gasteiger partial charge in [0, 0.05) is 37.8 Å². The Hall–Kier alpha value is -2.21. The van der Waals surface area contributed by atoms with Crippen LogP contribution in [0.2, 0.25) is 0 Å². The molecule has 1 aromatic rings. The Labute approximate surface area is 166 Å². The molecule has 10 nitrogen and oxygen atoms in total. The Morgan fingerprint density at radius 3 is 2.54 bits per heavy atom. The number of aliphatic hydroxyl groups excluding tert-OH is 2. The number of carbonyl (C=O) groups excluding carboxylic acids is 2. The summed E-state index contributed by atoms with van der Waals surface area (Å²) in [5, 5.41) is 22.0. The van der Waals surface area contributed by atoms with Crippen LogP contribution >= 0.6 is 11.8 Å². The molecule has 0 bridgehead atoms. The van der Waals surface area contributed by atoms with Crippen LogP contribution in [0.4, 0.5) is 0 Å². The van der Waals surface area contributed by atoms with Crippen molar-refractivity contribution in [1.29, 1.82) is 0 Å². The number of thioether (sulfide) groups is 1. The van der Waals surface area contributed by atoms with Gasteiger partial charge < -0.3 is 20.5 Å². The first-order valence-corrected chi connectivity index (χ1v) is 9.82. The van der Waals surface area contributed by atoms with E-state index < -0.39 is 18.0 Å². The number of allylic oxidation sites excluding steroid dienone is 1. The average Bonchev–Trinajstić information content (AvgIpc) is 3.08. The number of carbonyl (C=O) groups is 2. The van der Waals surface area contributed by atoms with E-state index in [0.717, 1.165) is 25.1 Å². The van der Waals surface area contributed by atoms with Gasteiger partial charge in [0.05, 0.1) is 24.7 Å². The van der Waals surface area contributed by atoms with Gasteiger partial charge in [0.2, 0.25) is 0 Å². The summed E-state index contributed by atoms with van der Waals surface area (Å²) in [6.07, 6.45) is 5.12. The Bertz CT molecular complexity index is 737. The lowest BCUT2D eigenvalue weighted by molar-refractivity contribution is -0.255. The van der Waals surface area contributed by atoms with Crippen molar-refractivity contribution < 1.29 is 29.6 Å². The van der Waals surface area contributed by atoms with Crippen molar-refractivity contribution in [2.75, 3.05) is 25.2 Å². The van der Waals surface area contributed by atoms with E-state index in [1.54, 1.807) is 11.8 Å². The van der Waals surface area contributed by atoms with E-state index in [0.29, 0.717) is 24.3 Å². The number of nitrogens with zero attached hydrogens (tertiary/aromatic N) is 1. The standard InChI is InChI=1S/C13H19N3O3S.C4H6O4/c1-20-6-10(11(18)5-17)14-4-8-2-3-9-12(8)15-7-16-13(9)19;1-3(5)7-8-4(2)6/h2,7,10-11,14,17-18H,3-6H2,1H3,(H,15,16,19);1-2H3/t10-,11+;/m1./s1. The van der Waals surface area contributed by atoms with Crippen LogP contribution in [0.25, 0.3) is 5.57 Å². The van der Waals surface area contributed by atoms with Crippen molar-refractivity contribution in [2.45, 2.75) is 32.4 Å². The molecular formula is C17H25N3O7S. The molecule has 1 aliphatic carbocycles. The highest BCUT2D eigenvalue weighted by atomic mass is 32.2. The van der Waals surface area contributed by atoms with E-state index in [4.69, 9.17) is 5.11 Å². The van der Waals surface area contributed by atoms with Crippen molar-refractivity contribution in [3.63, 3.8) is 0 Å². The first-order valence-electron chi connectivity index (χ1n) is 8.43. The van der Waals surface area contributed by atoms with Crippen LogP contribution in [0.15, 0.2) is 17.2 Å². The van der Waals surface area contributed by atoms with Gasteiger partial charge in [-0.1, -0.05) is 6.08 Å². The SMILES string of the molecule is CC(=O)OOC(C)=O.CSC[C@@H](NCC1=CCc2c1nc[nH]c2=O)[C@@H](O)CO. The van der Waals surface area contributed by atoms with Gasteiger partial charge in [0.1, 0.15) is 0 Å². The zero-order valence-electron chi connectivity index (χ0n) is 15.9. The summed E-state index contributed by atoms with van der Waals surface area (Å²) in [6.45, 7) is 2.53. The first kappa shape index (κ1) is 23.8. The number of nitrogens with one attached hydrogen (secondary N) is 2. The molecule has 156 valence electrons. The van der Waals surface area contributed by atoms with Gasteiger partial charge in [-0.2, -0.15) is 11.8 Å². The predicted molar refractivity (Wildman–Crippen MR) is 103 cm³/mol. The minimum absolute atomic E-state index is 0.0997.